The molecular weight excluding hydrogens is 414 g/mol. The summed E-state index contributed by atoms with van der Waals surface area (Å²) in [6.07, 6.45) is 11.1. The van der Waals surface area contributed by atoms with Crippen molar-refractivity contribution in [1.82, 2.24) is 4.90 Å². The Morgan fingerprint density at radius 2 is 1.58 bits per heavy atom. The van der Waals surface area contributed by atoms with Gasteiger partial charge in [0, 0.05) is 31.2 Å². The van der Waals surface area contributed by atoms with Crippen molar-refractivity contribution in [2.45, 2.75) is 117 Å². The third kappa shape index (κ3) is 5.95. The lowest BCUT2D eigenvalue weighted by Crippen LogP contribution is -2.48. The second-order valence-corrected chi connectivity index (χ2v) is 11.6. The van der Waals surface area contributed by atoms with E-state index in [0.717, 1.165) is 44.9 Å². The van der Waals surface area contributed by atoms with Crippen LogP contribution in [0.5, 0.6) is 0 Å². The summed E-state index contributed by atoms with van der Waals surface area (Å²) in [5.74, 6) is -0.605. The topological polar surface area (TPSA) is 71.5 Å². The molecule has 2 saturated heterocycles. The van der Waals surface area contributed by atoms with E-state index in [0.29, 0.717) is 25.3 Å². The molecule has 1 saturated carbocycles. The van der Waals surface area contributed by atoms with Crippen LogP contribution < -0.4 is 0 Å². The lowest BCUT2D eigenvalue weighted by atomic mass is 9.85. The van der Waals surface area contributed by atoms with E-state index in [9.17, 15) is 19.2 Å². The first-order chi connectivity index (χ1) is 15.7. The van der Waals surface area contributed by atoms with E-state index in [1.165, 1.54) is 12.8 Å². The van der Waals surface area contributed by atoms with Gasteiger partial charge in [-0.3, -0.25) is 19.2 Å². The van der Waals surface area contributed by atoms with Gasteiger partial charge in [-0.1, -0.05) is 79.1 Å². The summed E-state index contributed by atoms with van der Waals surface area (Å²) in [4.78, 5) is 54.4. The first kappa shape index (κ1) is 26.1. The van der Waals surface area contributed by atoms with E-state index in [1.807, 2.05) is 18.7 Å². The van der Waals surface area contributed by atoms with Crippen LogP contribution in [0.25, 0.3) is 0 Å². The van der Waals surface area contributed by atoms with Crippen LogP contribution in [0.1, 0.15) is 111 Å². The van der Waals surface area contributed by atoms with Crippen molar-refractivity contribution in [1.29, 1.82) is 0 Å². The highest BCUT2D eigenvalue weighted by atomic mass is 16.2. The Morgan fingerprint density at radius 3 is 2.21 bits per heavy atom. The molecule has 1 amide bonds. The molecule has 0 radical (unpaired) electrons. The van der Waals surface area contributed by atoms with E-state index >= 15 is 0 Å². The van der Waals surface area contributed by atoms with E-state index < -0.39 is 12.0 Å². The third-order valence-electron chi connectivity index (χ3n) is 8.78. The molecule has 0 aromatic rings. The van der Waals surface area contributed by atoms with Gasteiger partial charge >= 0.3 is 0 Å². The Labute approximate surface area is 200 Å². The molecular formula is C28H45NO4. The number of ketones is 3. The number of hydrogen-bond donors (Lipinski definition) is 0. The molecule has 2 aliphatic heterocycles. The lowest BCUT2D eigenvalue weighted by Gasteiger charge is -2.32. The second-order valence-electron chi connectivity index (χ2n) is 11.6. The van der Waals surface area contributed by atoms with Crippen LogP contribution in [0.15, 0.2) is 0 Å². The highest BCUT2D eigenvalue weighted by Crippen LogP contribution is 2.65. The fraction of sp³-hybridized carbons (Fsp3) is 0.857. The van der Waals surface area contributed by atoms with Crippen molar-refractivity contribution in [3.63, 3.8) is 0 Å². The van der Waals surface area contributed by atoms with Gasteiger partial charge in [0.25, 0.3) is 0 Å². The minimum atomic E-state index is -0.523. The average Bonchev–Trinajstić information content (AvgIpc) is 3.12. The molecule has 3 aliphatic rings. The minimum Gasteiger partial charge on any atom is -0.332 e. The monoisotopic (exact) mass is 459 g/mol. The highest BCUT2D eigenvalue weighted by molar-refractivity contribution is 6.38. The Morgan fingerprint density at radius 1 is 0.970 bits per heavy atom. The number of amides is 1. The molecule has 33 heavy (non-hydrogen) atoms. The van der Waals surface area contributed by atoms with Gasteiger partial charge in [-0.2, -0.15) is 0 Å². The van der Waals surface area contributed by atoms with Crippen molar-refractivity contribution >= 4 is 23.3 Å². The molecule has 0 N–H and O–H groups in total. The summed E-state index contributed by atoms with van der Waals surface area (Å²) in [5, 5.41) is 0. The second kappa shape index (κ2) is 11.3. The number of rotatable bonds is 5. The Hall–Kier alpha value is -1.52. The summed E-state index contributed by atoms with van der Waals surface area (Å²) in [6, 6.07) is -0.422. The number of unbranched alkanes of at least 4 members (excludes halogenated alkanes) is 1. The van der Waals surface area contributed by atoms with Crippen molar-refractivity contribution in [3.8, 4) is 0 Å². The summed E-state index contributed by atoms with van der Waals surface area (Å²) >= 11 is 0. The molecule has 3 rings (SSSR count). The Kier molecular flexibility index (Phi) is 8.91. The van der Waals surface area contributed by atoms with E-state index in [1.54, 1.807) is 0 Å². The van der Waals surface area contributed by atoms with Crippen molar-refractivity contribution in [2.75, 3.05) is 6.54 Å². The zero-order chi connectivity index (χ0) is 24.2. The molecule has 2 heterocycles. The summed E-state index contributed by atoms with van der Waals surface area (Å²) in [5.41, 5.74) is 0.0671. The van der Waals surface area contributed by atoms with Gasteiger partial charge in [0.2, 0.25) is 11.7 Å². The minimum absolute atomic E-state index is 0.00219. The summed E-state index contributed by atoms with van der Waals surface area (Å²) < 4.78 is 0. The maximum absolute atomic E-state index is 13.7. The highest BCUT2D eigenvalue weighted by Gasteiger charge is 2.69. The molecule has 5 heteroatoms. The van der Waals surface area contributed by atoms with Crippen LogP contribution >= 0.6 is 0 Å². The number of piperidine rings is 1. The lowest BCUT2D eigenvalue weighted by molar-refractivity contribution is -0.144. The molecule has 0 bridgehead atoms. The van der Waals surface area contributed by atoms with Gasteiger partial charge < -0.3 is 4.90 Å². The third-order valence-corrected chi connectivity index (χ3v) is 8.78. The molecule has 0 unspecified atom stereocenters. The van der Waals surface area contributed by atoms with Crippen LogP contribution in [0.3, 0.4) is 0 Å². The van der Waals surface area contributed by atoms with E-state index in [-0.39, 0.29) is 53.3 Å². The number of carbonyl (C=O) groups excluding carboxylic acids is 4. The van der Waals surface area contributed by atoms with Crippen molar-refractivity contribution < 1.29 is 19.2 Å². The van der Waals surface area contributed by atoms with Gasteiger partial charge in [-0.05, 0) is 36.5 Å². The molecule has 0 aromatic carbocycles. The van der Waals surface area contributed by atoms with E-state index in [4.69, 9.17) is 0 Å². The zero-order valence-corrected chi connectivity index (χ0v) is 21.4. The van der Waals surface area contributed by atoms with Crippen LogP contribution in [0.4, 0.5) is 0 Å². The molecule has 1 aliphatic carbocycles. The molecule has 186 valence electrons. The molecule has 5 nitrogen and oxygen atoms in total. The predicted octanol–water partition coefficient (Wildman–Crippen LogP) is 5.53. The van der Waals surface area contributed by atoms with Crippen LogP contribution in [-0.4, -0.2) is 40.7 Å². The van der Waals surface area contributed by atoms with Crippen LogP contribution in [0, 0.1) is 29.1 Å². The molecule has 0 aromatic heterocycles. The largest absolute Gasteiger partial charge is 0.332 e. The SMILES string of the molecule is CCCCC(=O)C(=O)[C@@H]1CCCCCCCCC[C@H](C)C(=O)N2C[C@H]3[C@@H]([C@H]2C(=O)C1)C3(C)C. The number of fused-ring (bicyclic) bond motifs is 3. The van der Waals surface area contributed by atoms with Gasteiger partial charge in [0.15, 0.2) is 11.6 Å². The molecule has 3 fully saturated rings. The van der Waals surface area contributed by atoms with Gasteiger partial charge in [0.05, 0.1) is 6.04 Å². The fourth-order valence-corrected chi connectivity index (χ4v) is 6.39. The van der Waals surface area contributed by atoms with Gasteiger partial charge in [-0.25, -0.2) is 0 Å². The maximum Gasteiger partial charge on any atom is 0.226 e. The van der Waals surface area contributed by atoms with Gasteiger partial charge in [-0.15, -0.1) is 0 Å². The summed E-state index contributed by atoms with van der Waals surface area (Å²) in [6.45, 7) is 9.05. The average molecular weight is 460 g/mol. The number of carbonyl (C=O) groups is 4. The number of nitrogens with zero attached hydrogens (tertiary/aromatic N) is 1. The first-order valence-electron chi connectivity index (χ1n) is 13.6. The van der Waals surface area contributed by atoms with Crippen LogP contribution in [0.2, 0.25) is 0 Å². The summed E-state index contributed by atoms with van der Waals surface area (Å²) in [7, 11) is 0. The smallest absolute Gasteiger partial charge is 0.226 e. The van der Waals surface area contributed by atoms with Crippen molar-refractivity contribution in [3.05, 3.63) is 0 Å². The van der Waals surface area contributed by atoms with Crippen molar-refractivity contribution in [2.24, 2.45) is 29.1 Å². The van der Waals surface area contributed by atoms with Gasteiger partial charge in [0.1, 0.15) is 0 Å². The van der Waals surface area contributed by atoms with E-state index in [2.05, 4.69) is 13.8 Å². The number of Topliss-reactive ketones (excluding diaryl/α,β-unsaturated/α-hetero) is 3. The molecule has 0 spiro atoms. The van der Waals surface area contributed by atoms with Crippen LogP contribution in [-0.2, 0) is 19.2 Å². The first-order valence-corrected chi connectivity index (χ1v) is 13.6. The fourth-order valence-electron chi connectivity index (χ4n) is 6.39. The maximum atomic E-state index is 13.7. The zero-order valence-electron chi connectivity index (χ0n) is 21.4. The Bertz CT molecular complexity index is 742. The Balaban J connectivity index is 1.80. The molecule has 5 atom stereocenters. The quantitative estimate of drug-likeness (QED) is 0.507. The normalized spacial score (nSPS) is 33.3. The standard InChI is InChI=1S/C28H45NO4/c1-5-6-16-22(30)26(32)20-15-13-11-9-7-8-10-12-14-19(2)27(33)29-18-21-24(28(21,3)4)25(29)23(31)17-20/h19-21,24-25H,5-18H2,1-4H3/t19-,20+,21-,24-,25+/m0/s1. The number of hydrogen-bond acceptors (Lipinski definition) is 4. The predicted molar refractivity (Wildman–Crippen MR) is 130 cm³/mol.